The van der Waals surface area contributed by atoms with E-state index in [0.717, 1.165) is 0 Å². The van der Waals surface area contributed by atoms with Crippen LogP contribution in [-0.4, -0.2) is 11.0 Å². The monoisotopic (exact) mass is 322 g/mol. The highest BCUT2D eigenvalue weighted by Gasteiger charge is 2.37. The number of thiocarbonyl (C=S) groups is 1. The molecule has 2 N–H and O–H groups in total. The molecule has 118 valence electrons. The zero-order chi connectivity index (χ0) is 16.2. The predicted octanol–water partition coefficient (Wildman–Crippen LogP) is 3.14. The molecule has 0 bridgehead atoms. The Hall–Kier alpha value is -1.57. The minimum absolute atomic E-state index is 0.00683. The van der Waals surface area contributed by atoms with Gasteiger partial charge in [-0.2, -0.15) is 13.2 Å². The van der Waals surface area contributed by atoms with E-state index in [1.807, 2.05) is 13.8 Å². The smallest absolute Gasteiger partial charge is 0.449 e. The predicted molar refractivity (Wildman–Crippen MR) is 75.5 cm³/mol. The Kier molecular flexibility index (Phi) is 5.77. The van der Waals surface area contributed by atoms with E-state index in [0.29, 0.717) is 6.42 Å². The summed E-state index contributed by atoms with van der Waals surface area (Å²) in [6.45, 7) is 5.01. The molecular formula is C13H17F3N2O2S. The molecule has 0 saturated heterocycles. The first kappa shape index (κ1) is 17.5. The van der Waals surface area contributed by atoms with E-state index in [9.17, 15) is 18.0 Å². The van der Waals surface area contributed by atoms with E-state index in [1.165, 1.54) is 13.0 Å². The molecule has 0 spiro atoms. The van der Waals surface area contributed by atoms with Gasteiger partial charge in [0, 0.05) is 18.5 Å². The molecule has 0 fully saturated rings. The molecule has 0 aromatic carbocycles. The van der Waals surface area contributed by atoms with Gasteiger partial charge >= 0.3 is 6.18 Å². The second-order valence-corrected chi connectivity index (χ2v) is 5.45. The van der Waals surface area contributed by atoms with Gasteiger partial charge in [0.05, 0.1) is 0 Å². The summed E-state index contributed by atoms with van der Waals surface area (Å²) in [5.41, 5.74) is -0.0551. The summed E-state index contributed by atoms with van der Waals surface area (Å²) in [5, 5.41) is 4.98. The van der Waals surface area contributed by atoms with Crippen LogP contribution in [0.15, 0.2) is 10.5 Å². The number of hydrogen-bond acceptors (Lipinski definition) is 3. The Morgan fingerprint density at radius 3 is 2.57 bits per heavy atom. The standard InChI is InChI=1S/C13H17F3N2O2S/c1-7(2)4-10(19)18-12(21)17-6-9-5-8(3)20-11(9)13(14,15)16/h5,7H,4,6H2,1-3H3,(H2,17,18,19,21). The van der Waals surface area contributed by atoms with Gasteiger partial charge in [-0.05, 0) is 31.1 Å². The maximum Gasteiger partial charge on any atom is 0.449 e. The van der Waals surface area contributed by atoms with Gasteiger partial charge in [0.2, 0.25) is 11.7 Å². The number of halogens is 3. The van der Waals surface area contributed by atoms with Gasteiger partial charge in [0.25, 0.3) is 0 Å². The minimum atomic E-state index is -4.56. The third kappa shape index (κ3) is 5.74. The highest BCUT2D eigenvalue weighted by atomic mass is 32.1. The number of hydrogen-bond donors (Lipinski definition) is 2. The Labute approximate surface area is 126 Å². The summed E-state index contributed by atoms with van der Waals surface area (Å²) < 4.78 is 42.8. The normalized spacial score (nSPS) is 11.6. The minimum Gasteiger partial charge on any atom is -0.456 e. The average molecular weight is 322 g/mol. The third-order valence-electron chi connectivity index (χ3n) is 2.48. The fourth-order valence-corrected chi connectivity index (χ4v) is 1.89. The molecule has 1 rings (SSSR count). The molecule has 0 aliphatic carbocycles. The van der Waals surface area contributed by atoms with Crippen LogP contribution in [0.3, 0.4) is 0 Å². The molecule has 1 aromatic heterocycles. The van der Waals surface area contributed by atoms with Crippen molar-refractivity contribution in [2.24, 2.45) is 5.92 Å². The first-order valence-corrected chi connectivity index (χ1v) is 6.74. The lowest BCUT2D eigenvalue weighted by molar-refractivity contribution is -0.154. The molecule has 1 aromatic rings. The van der Waals surface area contributed by atoms with Crippen molar-refractivity contribution < 1.29 is 22.4 Å². The fourth-order valence-electron chi connectivity index (χ4n) is 1.71. The fraction of sp³-hybridized carbons (Fsp3) is 0.538. The van der Waals surface area contributed by atoms with Crippen LogP contribution in [-0.2, 0) is 17.5 Å². The lowest BCUT2D eigenvalue weighted by Crippen LogP contribution is -2.39. The van der Waals surface area contributed by atoms with Gasteiger partial charge in [0.1, 0.15) is 5.76 Å². The first-order chi connectivity index (χ1) is 9.59. The zero-order valence-electron chi connectivity index (χ0n) is 11.9. The molecule has 4 nitrogen and oxygen atoms in total. The third-order valence-corrected chi connectivity index (χ3v) is 2.72. The van der Waals surface area contributed by atoms with Gasteiger partial charge in [-0.25, -0.2) is 0 Å². The van der Waals surface area contributed by atoms with Crippen molar-refractivity contribution in [1.29, 1.82) is 0 Å². The highest BCUT2D eigenvalue weighted by Crippen LogP contribution is 2.33. The van der Waals surface area contributed by atoms with Crippen LogP contribution < -0.4 is 10.6 Å². The van der Waals surface area contributed by atoms with Crippen molar-refractivity contribution in [3.63, 3.8) is 0 Å². The molecule has 0 radical (unpaired) electrons. The summed E-state index contributed by atoms with van der Waals surface area (Å²) in [6, 6.07) is 1.29. The maximum absolute atomic E-state index is 12.7. The Bertz CT molecular complexity index is 524. The van der Waals surface area contributed by atoms with Gasteiger partial charge in [-0.15, -0.1) is 0 Å². The molecule has 0 aliphatic rings. The van der Waals surface area contributed by atoms with Crippen LogP contribution in [0.25, 0.3) is 0 Å². The van der Waals surface area contributed by atoms with Crippen molar-refractivity contribution in [1.82, 2.24) is 10.6 Å². The Morgan fingerprint density at radius 1 is 1.43 bits per heavy atom. The quantitative estimate of drug-likeness (QED) is 0.836. The Morgan fingerprint density at radius 2 is 2.05 bits per heavy atom. The van der Waals surface area contributed by atoms with E-state index >= 15 is 0 Å². The summed E-state index contributed by atoms with van der Waals surface area (Å²) in [5.74, 6) is -0.999. The number of furan rings is 1. The summed E-state index contributed by atoms with van der Waals surface area (Å²) in [6.07, 6.45) is -4.27. The summed E-state index contributed by atoms with van der Waals surface area (Å²) in [7, 11) is 0. The molecule has 0 saturated carbocycles. The van der Waals surface area contributed by atoms with Crippen molar-refractivity contribution in [3.8, 4) is 0 Å². The second kappa shape index (κ2) is 6.93. The number of rotatable bonds is 4. The molecule has 8 heteroatoms. The molecular weight excluding hydrogens is 305 g/mol. The van der Waals surface area contributed by atoms with E-state index in [4.69, 9.17) is 12.2 Å². The van der Waals surface area contributed by atoms with Crippen LogP contribution in [0.2, 0.25) is 0 Å². The van der Waals surface area contributed by atoms with Crippen LogP contribution in [0.4, 0.5) is 13.2 Å². The maximum atomic E-state index is 12.7. The van der Waals surface area contributed by atoms with Crippen molar-refractivity contribution >= 4 is 23.2 Å². The van der Waals surface area contributed by atoms with E-state index in [1.54, 1.807) is 0 Å². The van der Waals surface area contributed by atoms with E-state index < -0.39 is 11.9 Å². The van der Waals surface area contributed by atoms with Gasteiger partial charge in [0.15, 0.2) is 5.11 Å². The largest absolute Gasteiger partial charge is 0.456 e. The summed E-state index contributed by atoms with van der Waals surface area (Å²) >= 11 is 4.87. The van der Waals surface area contributed by atoms with E-state index in [2.05, 4.69) is 15.1 Å². The molecule has 0 aliphatic heterocycles. The van der Waals surface area contributed by atoms with E-state index in [-0.39, 0.29) is 34.8 Å². The highest BCUT2D eigenvalue weighted by molar-refractivity contribution is 7.80. The van der Waals surface area contributed by atoms with Gasteiger partial charge in [-0.1, -0.05) is 13.8 Å². The van der Waals surface area contributed by atoms with Crippen LogP contribution in [0, 0.1) is 12.8 Å². The van der Waals surface area contributed by atoms with Crippen molar-refractivity contribution in [2.45, 2.75) is 39.9 Å². The number of nitrogens with one attached hydrogen (secondary N) is 2. The topological polar surface area (TPSA) is 54.3 Å². The molecule has 1 amide bonds. The molecule has 1 heterocycles. The molecule has 0 unspecified atom stereocenters. The lowest BCUT2D eigenvalue weighted by atomic mass is 10.1. The Balaban J connectivity index is 2.60. The van der Waals surface area contributed by atoms with Crippen LogP contribution in [0.1, 0.15) is 37.4 Å². The second-order valence-electron chi connectivity index (χ2n) is 5.04. The van der Waals surface area contributed by atoms with Crippen LogP contribution in [0.5, 0.6) is 0 Å². The lowest BCUT2D eigenvalue weighted by Gasteiger charge is -2.11. The number of alkyl halides is 3. The zero-order valence-corrected chi connectivity index (χ0v) is 12.7. The SMILES string of the molecule is Cc1cc(CNC(=S)NC(=O)CC(C)C)c(C(F)(F)F)o1. The summed E-state index contributed by atoms with van der Waals surface area (Å²) in [4.78, 5) is 11.5. The number of carbonyl (C=O) groups is 1. The van der Waals surface area contributed by atoms with Crippen LogP contribution >= 0.6 is 12.2 Å². The number of aryl methyl sites for hydroxylation is 1. The molecule has 0 atom stereocenters. The van der Waals surface area contributed by atoms with Gasteiger partial charge < -0.3 is 15.1 Å². The average Bonchev–Trinajstić information content (AvgIpc) is 2.66. The van der Waals surface area contributed by atoms with Crippen molar-refractivity contribution in [2.75, 3.05) is 0 Å². The first-order valence-electron chi connectivity index (χ1n) is 6.33. The van der Waals surface area contributed by atoms with Crippen molar-refractivity contribution in [3.05, 3.63) is 23.2 Å². The molecule has 21 heavy (non-hydrogen) atoms. The van der Waals surface area contributed by atoms with Gasteiger partial charge in [-0.3, -0.25) is 4.79 Å². The number of amides is 1. The number of carbonyl (C=O) groups excluding carboxylic acids is 1.